The van der Waals surface area contributed by atoms with Gasteiger partial charge in [0.05, 0.1) is 5.97 Å². The Bertz CT molecular complexity index is 336. The van der Waals surface area contributed by atoms with Crippen molar-refractivity contribution < 1.29 is 9.90 Å². The van der Waals surface area contributed by atoms with Crippen molar-refractivity contribution in [1.82, 2.24) is 0 Å². The average Bonchev–Trinajstić information content (AvgIpc) is 1.96. The zero-order valence-electron chi connectivity index (χ0n) is 6.23. The number of carboxylic acids is 1. The van der Waals surface area contributed by atoms with Crippen LogP contribution < -0.4 is 5.11 Å². The standard InChI is InChI=1S/C8H6BrIO2/c1-4-6(8(11)12)2-5(10)3-7(4)9/h2-3H,1H3,(H,11,12)/p-1. The minimum Gasteiger partial charge on any atom is -0.545 e. The molecule has 64 valence electrons. The highest BCUT2D eigenvalue weighted by Gasteiger charge is 2.04. The van der Waals surface area contributed by atoms with Gasteiger partial charge in [-0.15, -0.1) is 0 Å². The van der Waals surface area contributed by atoms with Crippen LogP contribution in [0.5, 0.6) is 0 Å². The van der Waals surface area contributed by atoms with E-state index in [0.717, 1.165) is 8.04 Å². The molecule has 0 bridgehead atoms. The van der Waals surface area contributed by atoms with E-state index < -0.39 is 5.97 Å². The zero-order valence-corrected chi connectivity index (χ0v) is 9.97. The molecule has 1 aromatic rings. The second-order valence-electron chi connectivity index (χ2n) is 2.35. The summed E-state index contributed by atoms with van der Waals surface area (Å²) in [6.07, 6.45) is 0. The van der Waals surface area contributed by atoms with Crippen LogP contribution in [-0.4, -0.2) is 5.97 Å². The van der Waals surface area contributed by atoms with Gasteiger partial charge in [0.25, 0.3) is 0 Å². The maximum atomic E-state index is 10.6. The Labute approximate surface area is 92.2 Å². The van der Waals surface area contributed by atoms with Crippen molar-refractivity contribution in [2.45, 2.75) is 6.92 Å². The second kappa shape index (κ2) is 3.74. The van der Waals surface area contributed by atoms with Crippen LogP contribution in [0.4, 0.5) is 0 Å². The number of carboxylic acid groups (broad SMARTS) is 1. The van der Waals surface area contributed by atoms with Crippen molar-refractivity contribution in [2.75, 3.05) is 0 Å². The van der Waals surface area contributed by atoms with Crippen LogP contribution in [0.2, 0.25) is 0 Å². The summed E-state index contributed by atoms with van der Waals surface area (Å²) >= 11 is 5.33. The van der Waals surface area contributed by atoms with E-state index in [9.17, 15) is 9.90 Å². The highest BCUT2D eigenvalue weighted by Crippen LogP contribution is 2.22. The fourth-order valence-electron chi connectivity index (χ4n) is 0.858. The Kier molecular flexibility index (Phi) is 3.11. The van der Waals surface area contributed by atoms with Crippen molar-refractivity contribution in [3.05, 3.63) is 31.3 Å². The fraction of sp³-hybridized carbons (Fsp3) is 0.125. The van der Waals surface area contributed by atoms with E-state index >= 15 is 0 Å². The number of carbonyl (C=O) groups excluding carboxylic acids is 1. The van der Waals surface area contributed by atoms with E-state index in [0.29, 0.717) is 5.56 Å². The lowest BCUT2D eigenvalue weighted by Crippen LogP contribution is -2.23. The fourth-order valence-corrected chi connectivity index (χ4v) is 2.37. The molecular formula is C8H5BrIO2-. The smallest absolute Gasteiger partial charge is 0.0718 e. The van der Waals surface area contributed by atoms with Crippen LogP contribution in [0.3, 0.4) is 0 Å². The predicted molar refractivity (Wildman–Crippen MR) is 55.9 cm³/mol. The maximum Gasteiger partial charge on any atom is 0.0718 e. The van der Waals surface area contributed by atoms with Crippen molar-refractivity contribution in [2.24, 2.45) is 0 Å². The van der Waals surface area contributed by atoms with Crippen LogP contribution >= 0.6 is 38.5 Å². The number of benzene rings is 1. The van der Waals surface area contributed by atoms with Crippen molar-refractivity contribution in [3.63, 3.8) is 0 Å². The molecule has 0 unspecified atom stereocenters. The average molecular weight is 340 g/mol. The molecule has 0 aliphatic rings. The minimum absolute atomic E-state index is 0.244. The van der Waals surface area contributed by atoms with E-state index in [4.69, 9.17) is 0 Å². The van der Waals surface area contributed by atoms with Gasteiger partial charge in [-0.2, -0.15) is 0 Å². The van der Waals surface area contributed by atoms with E-state index in [1.54, 1.807) is 13.0 Å². The maximum absolute atomic E-state index is 10.6. The SMILES string of the molecule is Cc1c(Br)cc(I)cc1C(=O)[O-]. The number of carbonyl (C=O) groups is 1. The molecule has 0 spiro atoms. The Hall–Kier alpha value is -0.100. The third-order valence-corrected chi connectivity index (χ3v) is 2.98. The number of hydrogen-bond acceptors (Lipinski definition) is 2. The predicted octanol–water partition coefficient (Wildman–Crippen LogP) is 1.73. The molecule has 0 N–H and O–H groups in total. The summed E-state index contributed by atoms with van der Waals surface area (Å²) in [5.74, 6) is -1.13. The molecule has 0 aliphatic carbocycles. The molecule has 1 aromatic carbocycles. The van der Waals surface area contributed by atoms with Crippen LogP contribution in [0, 0.1) is 10.5 Å². The first-order valence-electron chi connectivity index (χ1n) is 3.19. The van der Waals surface area contributed by atoms with Crippen LogP contribution in [0.1, 0.15) is 15.9 Å². The molecule has 0 fully saturated rings. The summed E-state index contributed by atoms with van der Waals surface area (Å²) in [5.41, 5.74) is 0.948. The third kappa shape index (κ3) is 1.98. The molecular weight excluding hydrogens is 335 g/mol. The highest BCUT2D eigenvalue weighted by molar-refractivity contribution is 14.1. The molecule has 12 heavy (non-hydrogen) atoms. The Morgan fingerprint density at radius 3 is 2.67 bits per heavy atom. The molecule has 0 aliphatic heterocycles. The van der Waals surface area contributed by atoms with Gasteiger partial charge in [-0.25, -0.2) is 0 Å². The van der Waals surface area contributed by atoms with Crippen LogP contribution in [-0.2, 0) is 0 Å². The second-order valence-corrected chi connectivity index (χ2v) is 4.45. The van der Waals surface area contributed by atoms with E-state index in [-0.39, 0.29) is 5.56 Å². The summed E-state index contributed by atoms with van der Waals surface area (Å²) in [4.78, 5) is 10.6. The monoisotopic (exact) mass is 339 g/mol. The third-order valence-electron chi connectivity index (χ3n) is 1.53. The van der Waals surface area contributed by atoms with Crippen molar-refractivity contribution >= 4 is 44.5 Å². The first kappa shape index (κ1) is 9.98. The number of rotatable bonds is 1. The summed E-state index contributed by atoms with van der Waals surface area (Å²) in [7, 11) is 0. The van der Waals surface area contributed by atoms with E-state index in [2.05, 4.69) is 38.5 Å². The van der Waals surface area contributed by atoms with Gasteiger partial charge in [-0.1, -0.05) is 15.9 Å². The van der Waals surface area contributed by atoms with E-state index in [1.807, 2.05) is 6.07 Å². The number of hydrogen-bond donors (Lipinski definition) is 0. The molecule has 2 nitrogen and oxygen atoms in total. The summed E-state index contributed by atoms with van der Waals surface area (Å²) in [6.45, 7) is 1.74. The Balaban J connectivity index is 3.37. The normalized spacial score (nSPS) is 9.92. The molecule has 0 radical (unpaired) electrons. The topological polar surface area (TPSA) is 40.1 Å². The van der Waals surface area contributed by atoms with Gasteiger partial charge in [0.2, 0.25) is 0 Å². The lowest BCUT2D eigenvalue weighted by atomic mass is 10.1. The lowest BCUT2D eigenvalue weighted by molar-refractivity contribution is -0.255. The van der Waals surface area contributed by atoms with Gasteiger partial charge in [-0.3, -0.25) is 0 Å². The van der Waals surface area contributed by atoms with Gasteiger partial charge in [0, 0.05) is 13.6 Å². The first-order valence-corrected chi connectivity index (χ1v) is 5.06. The zero-order chi connectivity index (χ0) is 9.30. The van der Waals surface area contributed by atoms with Crippen LogP contribution in [0.15, 0.2) is 16.6 Å². The van der Waals surface area contributed by atoms with Gasteiger partial charge >= 0.3 is 0 Å². The summed E-state index contributed by atoms with van der Waals surface area (Å²) < 4.78 is 1.68. The number of aromatic carboxylic acids is 1. The highest BCUT2D eigenvalue weighted by atomic mass is 127. The first-order chi connectivity index (χ1) is 5.52. The number of halogens is 2. The Morgan fingerprint density at radius 2 is 2.17 bits per heavy atom. The molecule has 0 atom stereocenters. The van der Waals surface area contributed by atoms with Crippen molar-refractivity contribution in [1.29, 1.82) is 0 Å². The van der Waals surface area contributed by atoms with Gasteiger partial charge in [-0.05, 0) is 47.2 Å². The molecule has 0 saturated carbocycles. The summed E-state index contributed by atoms with van der Waals surface area (Å²) in [5, 5.41) is 10.6. The molecule has 0 saturated heterocycles. The van der Waals surface area contributed by atoms with Gasteiger partial charge in [0.1, 0.15) is 0 Å². The van der Waals surface area contributed by atoms with Crippen molar-refractivity contribution in [3.8, 4) is 0 Å². The van der Waals surface area contributed by atoms with Gasteiger partial charge < -0.3 is 9.90 Å². The minimum atomic E-state index is -1.13. The van der Waals surface area contributed by atoms with E-state index in [1.165, 1.54) is 0 Å². The molecule has 0 aromatic heterocycles. The molecule has 1 rings (SSSR count). The molecule has 4 heteroatoms. The summed E-state index contributed by atoms with van der Waals surface area (Å²) in [6, 6.07) is 3.46. The Morgan fingerprint density at radius 1 is 1.58 bits per heavy atom. The molecule has 0 amide bonds. The largest absolute Gasteiger partial charge is 0.545 e. The molecule has 0 heterocycles. The van der Waals surface area contributed by atoms with Gasteiger partial charge in [0.15, 0.2) is 0 Å². The quantitative estimate of drug-likeness (QED) is 0.731. The van der Waals surface area contributed by atoms with Crippen LogP contribution in [0.25, 0.3) is 0 Å². The lowest BCUT2D eigenvalue weighted by Gasteiger charge is -2.08.